The summed E-state index contributed by atoms with van der Waals surface area (Å²) >= 11 is 0. The fourth-order valence-corrected chi connectivity index (χ4v) is 1.74. The molecule has 1 saturated carbocycles. The summed E-state index contributed by atoms with van der Waals surface area (Å²) in [6.45, 7) is 2.06. The summed E-state index contributed by atoms with van der Waals surface area (Å²) in [6, 6.07) is 7.95. The fraction of sp³-hybridized carbons (Fsp3) is 0.333. The highest BCUT2D eigenvalue weighted by atomic mass is 15.4. The third-order valence-electron chi connectivity index (χ3n) is 2.90. The molecule has 3 rings (SSSR count). The summed E-state index contributed by atoms with van der Waals surface area (Å²) in [6.07, 6.45) is 2.55. The van der Waals surface area contributed by atoms with Crippen LogP contribution in [0.1, 0.15) is 19.8 Å². The average molecular weight is 214 g/mol. The molecule has 82 valence electrons. The Labute approximate surface area is 93.8 Å². The molecule has 2 N–H and O–H groups in total. The van der Waals surface area contributed by atoms with E-state index in [1.807, 2.05) is 24.3 Å². The van der Waals surface area contributed by atoms with Crippen molar-refractivity contribution in [3.63, 3.8) is 0 Å². The number of para-hydroxylation sites is 2. The van der Waals surface area contributed by atoms with Crippen molar-refractivity contribution in [1.29, 1.82) is 0 Å². The maximum absolute atomic E-state index is 4.39. The highest BCUT2D eigenvalue weighted by Crippen LogP contribution is 2.30. The zero-order valence-electron chi connectivity index (χ0n) is 9.20. The van der Waals surface area contributed by atoms with E-state index in [9.17, 15) is 0 Å². The van der Waals surface area contributed by atoms with E-state index in [4.69, 9.17) is 0 Å². The van der Waals surface area contributed by atoms with Gasteiger partial charge in [-0.25, -0.2) is 10.4 Å². The van der Waals surface area contributed by atoms with Crippen molar-refractivity contribution in [2.45, 2.75) is 19.8 Å². The van der Waals surface area contributed by atoms with Gasteiger partial charge in [-0.1, -0.05) is 12.1 Å². The molecule has 0 amide bonds. The van der Waals surface area contributed by atoms with Gasteiger partial charge >= 0.3 is 0 Å². The van der Waals surface area contributed by atoms with Crippen molar-refractivity contribution in [3.8, 4) is 0 Å². The number of imidazole rings is 1. The summed E-state index contributed by atoms with van der Waals surface area (Å²) in [5.41, 5.74) is 6.14. The Hall–Kier alpha value is -1.84. The second-order valence-electron chi connectivity index (χ2n) is 4.24. The highest BCUT2D eigenvalue weighted by Gasteiger charge is 2.24. The topological polar surface area (TPSA) is 53.1 Å². The van der Waals surface area contributed by atoms with Crippen LogP contribution >= 0.6 is 0 Å². The molecule has 0 radical (unpaired) electrons. The van der Waals surface area contributed by atoms with Crippen molar-refractivity contribution in [1.82, 2.24) is 9.97 Å². The van der Waals surface area contributed by atoms with Crippen LogP contribution in [0.4, 0.5) is 5.95 Å². The number of aromatic amines is 1. The summed E-state index contributed by atoms with van der Waals surface area (Å²) in [5, 5.41) is 4.32. The molecule has 1 aliphatic carbocycles. The quantitative estimate of drug-likeness (QED) is 0.609. The standard InChI is InChI=1S/C12H14N4/c1-8(9-6-7-9)15-16-12-13-10-4-2-3-5-11(10)14-12/h2-5,9H,6-7H2,1H3,(H2,13,14,16)/b15-8+. The lowest BCUT2D eigenvalue weighted by atomic mass is 10.3. The molecule has 1 aliphatic rings. The Kier molecular flexibility index (Phi) is 2.13. The van der Waals surface area contributed by atoms with Crippen LogP contribution in [0, 0.1) is 5.92 Å². The predicted molar refractivity (Wildman–Crippen MR) is 65.5 cm³/mol. The van der Waals surface area contributed by atoms with Gasteiger partial charge in [0.2, 0.25) is 5.95 Å². The first-order valence-electron chi connectivity index (χ1n) is 5.58. The normalized spacial score (nSPS) is 16.7. The van der Waals surface area contributed by atoms with E-state index in [1.54, 1.807) is 0 Å². The molecule has 4 heteroatoms. The lowest BCUT2D eigenvalue weighted by Gasteiger charge is -1.97. The van der Waals surface area contributed by atoms with E-state index in [0.29, 0.717) is 11.9 Å². The Morgan fingerprint density at radius 2 is 2.25 bits per heavy atom. The van der Waals surface area contributed by atoms with Gasteiger partial charge in [-0.2, -0.15) is 5.10 Å². The van der Waals surface area contributed by atoms with Crippen molar-refractivity contribution >= 4 is 22.7 Å². The number of nitrogens with zero attached hydrogens (tertiary/aromatic N) is 2. The molecule has 1 heterocycles. The van der Waals surface area contributed by atoms with Gasteiger partial charge in [0.15, 0.2) is 0 Å². The van der Waals surface area contributed by atoms with Gasteiger partial charge in [0.25, 0.3) is 0 Å². The zero-order chi connectivity index (χ0) is 11.0. The highest BCUT2D eigenvalue weighted by molar-refractivity contribution is 5.87. The Morgan fingerprint density at radius 1 is 1.44 bits per heavy atom. The molecule has 4 nitrogen and oxygen atoms in total. The van der Waals surface area contributed by atoms with E-state index in [-0.39, 0.29) is 0 Å². The minimum Gasteiger partial charge on any atom is -0.323 e. The first kappa shape index (κ1) is 9.39. The first-order valence-corrected chi connectivity index (χ1v) is 5.58. The van der Waals surface area contributed by atoms with Crippen molar-refractivity contribution in [2.24, 2.45) is 11.0 Å². The van der Waals surface area contributed by atoms with Crippen LogP contribution in [0.15, 0.2) is 29.4 Å². The monoisotopic (exact) mass is 214 g/mol. The van der Waals surface area contributed by atoms with Crippen LogP contribution in [-0.2, 0) is 0 Å². The van der Waals surface area contributed by atoms with E-state index >= 15 is 0 Å². The van der Waals surface area contributed by atoms with E-state index in [1.165, 1.54) is 18.6 Å². The molecule has 1 fully saturated rings. The molecule has 0 bridgehead atoms. The molecular formula is C12H14N4. The van der Waals surface area contributed by atoms with Crippen LogP contribution in [0.25, 0.3) is 11.0 Å². The maximum Gasteiger partial charge on any atom is 0.222 e. The van der Waals surface area contributed by atoms with E-state index in [2.05, 4.69) is 27.4 Å². The van der Waals surface area contributed by atoms with Gasteiger partial charge in [-0.05, 0) is 37.8 Å². The number of H-pyrrole nitrogens is 1. The number of anilines is 1. The van der Waals surface area contributed by atoms with E-state index < -0.39 is 0 Å². The molecular weight excluding hydrogens is 200 g/mol. The van der Waals surface area contributed by atoms with Gasteiger partial charge < -0.3 is 4.98 Å². The van der Waals surface area contributed by atoms with Crippen LogP contribution in [-0.4, -0.2) is 15.7 Å². The number of fused-ring (bicyclic) bond motifs is 1. The van der Waals surface area contributed by atoms with E-state index in [0.717, 1.165) is 11.0 Å². The van der Waals surface area contributed by atoms with Gasteiger partial charge in [-0.15, -0.1) is 0 Å². The smallest absolute Gasteiger partial charge is 0.222 e. The third-order valence-corrected chi connectivity index (χ3v) is 2.90. The summed E-state index contributed by atoms with van der Waals surface area (Å²) in [5.74, 6) is 1.40. The lowest BCUT2D eigenvalue weighted by Crippen LogP contribution is -2.00. The largest absolute Gasteiger partial charge is 0.323 e. The van der Waals surface area contributed by atoms with Gasteiger partial charge in [0.05, 0.1) is 11.0 Å². The molecule has 0 spiro atoms. The Balaban J connectivity index is 1.81. The number of benzene rings is 1. The number of rotatable bonds is 3. The minimum atomic E-state index is 0.692. The average Bonchev–Trinajstić information content (AvgIpc) is 3.06. The second kappa shape index (κ2) is 3.63. The Morgan fingerprint density at radius 3 is 3.00 bits per heavy atom. The molecule has 16 heavy (non-hydrogen) atoms. The predicted octanol–water partition coefficient (Wildman–Crippen LogP) is 2.76. The first-order chi connectivity index (χ1) is 7.83. The number of aromatic nitrogens is 2. The molecule has 1 aromatic carbocycles. The summed E-state index contributed by atoms with van der Waals surface area (Å²) in [7, 11) is 0. The maximum atomic E-state index is 4.39. The molecule has 0 atom stereocenters. The van der Waals surface area contributed by atoms with Crippen molar-refractivity contribution in [2.75, 3.05) is 5.43 Å². The fourth-order valence-electron chi connectivity index (χ4n) is 1.74. The summed E-state index contributed by atoms with van der Waals surface area (Å²) in [4.78, 5) is 7.57. The lowest BCUT2D eigenvalue weighted by molar-refractivity contribution is 1.12. The molecule has 0 aliphatic heterocycles. The molecule has 1 aromatic heterocycles. The Bertz CT molecular complexity index is 504. The van der Waals surface area contributed by atoms with Crippen LogP contribution in [0.5, 0.6) is 0 Å². The molecule has 2 aromatic rings. The minimum absolute atomic E-state index is 0.692. The SMILES string of the molecule is C/C(=N\Nc1nc2ccccc2[nH]1)C1CC1. The van der Waals surface area contributed by atoms with Gasteiger partial charge in [0, 0.05) is 5.71 Å². The number of hydrogen-bond acceptors (Lipinski definition) is 3. The molecule has 0 saturated heterocycles. The van der Waals surface area contributed by atoms with Crippen LogP contribution < -0.4 is 5.43 Å². The third kappa shape index (κ3) is 1.78. The number of hydrogen-bond donors (Lipinski definition) is 2. The number of nitrogens with one attached hydrogen (secondary N) is 2. The van der Waals surface area contributed by atoms with Gasteiger partial charge in [-0.3, -0.25) is 0 Å². The van der Waals surface area contributed by atoms with Crippen LogP contribution in [0.3, 0.4) is 0 Å². The van der Waals surface area contributed by atoms with Gasteiger partial charge in [0.1, 0.15) is 0 Å². The van der Waals surface area contributed by atoms with Crippen LogP contribution in [0.2, 0.25) is 0 Å². The van der Waals surface area contributed by atoms with Crippen molar-refractivity contribution in [3.05, 3.63) is 24.3 Å². The summed E-state index contributed by atoms with van der Waals surface area (Å²) < 4.78 is 0. The molecule has 0 unspecified atom stereocenters. The number of hydrazone groups is 1. The van der Waals surface area contributed by atoms with Crippen molar-refractivity contribution < 1.29 is 0 Å². The zero-order valence-corrected chi connectivity index (χ0v) is 9.20. The second-order valence-corrected chi connectivity index (χ2v) is 4.24.